The van der Waals surface area contributed by atoms with Crippen molar-refractivity contribution in [3.8, 4) is 17.6 Å². The molecule has 0 aliphatic carbocycles. The zero-order valence-electron chi connectivity index (χ0n) is 11.8. The minimum absolute atomic E-state index is 0.583. The van der Waals surface area contributed by atoms with Crippen molar-refractivity contribution in [1.82, 2.24) is 0 Å². The monoisotopic (exact) mass is 268 g/mol. The molecule has 0 fully saturated rings. The van der Waals surface area contributed by atoms with Gasteiger partial charge < -0.3 is 14.4 Å². The number of hydrogen-bond acceptors (Lipinski definition) is 4. The van der Waals surface area contributed by atoms with Crippen molar-refractivity contribution < 1.29 is 9.47 Å². The van der Waals surface area contributed by atoms with Gasteiger partial charge in [-0.05, 0) is 24.3 Å². The molecular weight excluding hydrogens is 252 g/mol. The maximum absolute atomic E-state index is 9.26. The predicted octanol–water partition coefficient (Wildman–Crippen LogP) is 3.34. The highest BCUT2D eigenvalue weighted by atomic mass is 16.5. The van der Waals surface area contributed by atoms with Crippen LogP contribution in [0.2, 0.25) is 0 Å². The number of ether oxygens (including phenoxy) is 2. The van der Waals surface area contributed by atoms with E-state index in [9.17, 15) is 5.26 Å². The Hall–Kier alpha value is -2.67. The van der Waals surface area contributed by atoms with Crippen LogP contribution >= 0.6 is 0 Å². The SMILES string of the molecule is COc1ccc(C#N)c(N(C)c2ccccc2OC)c1. The molecule has 4 nitrogen and oxygen atoms in total. The summed E-state index contributed by atoms with van der Waals surface area (Å²) in [6.07, 6.45) is 0. The van der Waals surface area contributed by atoms with Gasteiger partial charge in [0.25, 0.3) is 0 Å². The van der Waals surface area contributed by atoms with E-state index in [2.05, 4.69) is 6.07 Å². The van der Waals surface area contributed by atoms with E-state index in [-0.39, 0.29) is 0 Å². The lowest BCUT2D eigenvalue weighted by molar-refractivity contribution is 0.414. The molecule has 0 N–H and O–H groups in total. The molecule has 0 heterocycles. The molecule has 0 aromatic heterocycles. The molecule has 4 heteroatoms. The van der Waals surface area contributed by atoms with Crippen molar-refractivity contribution in [2.75, 3.05) is 26.2 Å². The number of nitriles is 1. The molecule has 0 unspecified atom stereocenters. The summed E-state index contributed by atoms with van der Waals surface area (Å²) in [5, 5.41) is 9.26. The molecule has 0 saturated carbocycles. The Morgan fingerprint density at radius 2 is 1.75 bits per heavy atom. The van der Waals surface area contributed by atoms with Crippen molar-refractivity contribution in [2.45, 2.75) is 0 Å². The second-order valence-corrected chi connectivity index (χ2v) is 4.23. The number of hydrogen-bond donors (Lipinski definition) is 0. The summed E-state index contributed by atoms with van der Waals surface area (Å²) in [7, 11) is 5.13. The first kappa shape index (κ1) is 13.8. The molecule has 0 saturated heterocycles. The zero-order valence-corrected chi connectivity index (χ0v) is 11.8. The summed E-state index contributed by atoms with van der Waals surface area (Å²) >= 11 is 0. The summed E-state index contributed by atoms with van der Waals surface area (Å²) in [4.78, 5) is 1.92. The number of methoxy groups -OCH3 is 2. The molecule has 2 rings (SSSR count). The van der Waals surface area contributed by atoms with Gasteiger partial charge >= 0.3 is 0 Å². The smallest absolute Gasteiger partial charge is 0.142 e. The number of nitrogens with zero attached hydrogens (tertiary/aromatic N) is 2. The summed E-state index contributed by atoms with van der Waals surface area (Å²) in [6.45, 7) is 0. The van der Waals surface area contributed by atoms with Gasteiger partial charge in [-0.2, -0.15) is 5.26 Å². The number of benzene rings is 2. The van der Waals surface area contributed by atoms with E-state index in [0.29, 0.717) is 11.3 Å². The highest BCUT2D eigenvalue weighted by Gasteiger charge is 2.14. The molecule has 0 aliphatic heterocycles. The fourth-order valence-electron chi connectivity index (χ4n) is 2.05. The normalized spacial score (nSPS) is 9.70. The van der Waals surface area contributed by atoms with Crippen molar-refractivity contribution in [3.05, 3.63) is 48.0 Å². The molecule has 2 aromatic rings. The van der Waals surface area contributed by atoms with Gasteiger partial charge in [-0.15, -0.1) is 0 Å². The van der Waals surface area contributed by atoms with Crippen molar-refractivity contribution in [3.63, 3.8) is 0 Å². The first-order valence-electron chi connectivity index (χ1n) is 6.16. The summed E-state index contributed by atoms with van der Waals surface area (Å²) in [5.74, 6) is 1.46. The molecule has 20 heavy (non-hydrogen) atoms. The topological polar surface area (TPSA) is 45.5 Å². The Kier molecular flexibility index (Phi) is 4.11. The highest BCUT2D eigenvalue weighted by Crippen LogP contribution is 2.35. The van der Waals surface area contributed by atoms with E-state index in [0.717, 1.165) is 17.1 Å². The average molecular weight is 268 g/mol. The maximum Gasteiger partial charge on any atom is 0.142 e. The van der Waals surface area contributed by atoms with Crippen molar-refractivity contribution in [1.29, 1.82) is 5.26 Å². The Balaban J connectivity index is 2.52. The lowest BCUT2D eigenvalue weighted by atomic mass is 10.1. The standard InChI is InChI=1S/C16H16N2O2/c1-18(14-6-4-5-7-16(14)20-3)15-10-13(19-2)9-8-12(15)11-17/h4-10H,1-3H3. The van der Waals surface area contributed by atoms with Crippen LogP contribution < -0.4 is 14.4 Å². The van der Waals surface area contributed by atoms with Crippen LogP contribution in [0.25, 0.3) is 0 Å². The van der Waals surface area contributed by atoms with Crippen LogP contribution in [-0.2, 0) is 0 Å². The van der Waals surface area contributed by atoms with E-state index in [1.54, 1.807) is 26.4 Å². The van der Waals surface area contributed by atoms with Gasteiger partial charge in [-0.3, -0.25) is 0 Å². The first-order chi connectivity index (χ1) is 9.71. The Bertz CT molecular complexity index is 647. The lowest BCUT2D eigenvalue weighted by Gasteiger charge is -2.23. The number of anilines is 2. The largest absolute Gasteiger partial charge is 0.497 e. The molecule has 2 aromatic carbocycles. The predicted molar refractivity (Wildman–Crippen MR) is 78.8 cm³/mol. The summed E-state index contributed by atoms with van der Waals surface area (Å²) in [6, 6.07) is 15.2. The van der Waals surface area contributed by atoms with Crippen LogP contribution in [0, 0.1) is 11.3 Å². The van der Waals surface area contributed by atoms with Gasteiger partial charge in [0, 0.05) is 13.1 Å². The van der Waals surface area contributed by atoms with Crippen molar-refractivity contribution in [2.24, 2.45) is 0 Å². The van der Waals surface area contributed by atoms with Crippen LogP contribution in [-0.4, -0.2) is 21.3 Å². The molecular formula is C16H16N2O2. The third-order valence-electron chi connectivity index (χ3n) is 3.13. The first-order valence-corrected chi connectivity index (χ1v) is 6.16. The second kappa shape index (κ2) is 5.98. The Labute approximate surface area is 118 Å². The molecule has 102 valence electrons. The third-order valence-corrected chi connectivity index (χ3v) is 3.13. The van der Waals surface area contributed by atoms with Crippen LogP contribution in [0.5, 0.6) is 11.5 Å². The van der Waals surface area contributed by atoms with Gasteiger partial charge in [-0.1, -0.05) is 12.1 Å². The lowest BCUT2D eigenvalue weighted by Crippen LogP contribution is -2.12. The van der Waals surface area contributed by atoms with E-state index in [1.165, 1.54) is 0 Å². The molecule has 0 bridgehead atoms. The summed E-state index contributed by atoms with van der Waals surface area (Å²) < 4.78 is 10.6. The Morgan fingerprint density at radius 3 is 2.40 bits per heavy atom. The molecule has 0 spiro atoms. The van der Waals surface area contributed by atoms with E-state index in [1.807, 2.05) is 42.3 Å². The third kappa shape index (κ3) is 2.52. The van der Waals surface area contributed by atoms with E-state index < -0.39 is 0 Å². The van der Waals surface area contributed by atoms with Gasteiger partial charge in [-0.25, -0.2) is 0 Å². The van der Waals surface area contributed by atoms with Gasteiger partial charge in [0.2, 0.25) is 0 Å². The molecule has 0 amide bonds. The Morgan fingerprint density at radius 1 is 1.00 bits per heavy atom. The minimum atomic E-state index is 0.583. The second-order valence-electron chi connectivity index (χ2n) is 4.23. The van der Waals surface area contributed by atoms with Crippen LogP contribution in [0.15, 0.2) is 42.5 Å². The van der Waals surface area contributed by atoms with Gasteiger partial charge in [0.15, 0.2) is 0 Å². The van der Waals surface area contributed by atoms with E-state index >= 15 is 0 Å². The zero-order chi connectivity index (χ0) is 14.5. The van der Waals surface area contributed by atoms with E-state index in [4.69, 9.17) is 9.47 Å². The molecule has 0 aliphatic rings. The quantitative estimate of drug-likeness (QED) is 0.853. The fourth-order valence-corrected chi connectivity index (χ4v) is 2.05. The van der Waals surface area contributed by atoms with Gasteiger partial charge in [0.1, 0.15) is 17.6 Å². The maximum atomic E-state index is 9.26. The molecule has 0 radical (unpaired) electrons. The minimum Gasteiger partial charge on any atom is -0.497 e. The van der Waals surface area contributed by atoms with Crippen LogP contribution in [0.1, 0.15) is 5.56 Å². The number of rotatable bonds is 4. The highest BCUT2D eigenvalue weighted by molar-refractivity contribution is 5.73. The molecule has 0 atom stereocenters. The van der Waals surface area contributed by atoms with Crippen LogP contribution in [0.3, 0.4) is 0 Å². The number of para-hydroxylation sites is 2. The average Bonchev–Trinajstić information content (AvgIpc) is 2.53. The fraction of sp³-hybridized carbons (Fsp3) is 0.188. The van der Waals surface area contributed by atoms with Gasteiger partial charge in [0.05, 0.1) is 31.2 Å². The van der Waals surface area contributed by atoms with Crippen LogP contribution in [0.4, 0.5) is 11.4 Å². The summed E-state index contributed by atoms with van der Waals surface area (Å²) in [5.41, 5.74) is 2.25. The van der Waals surface area contributed by atoms with Crippen molar-refractivity contribution >= 4 is 11.4 Å².